The Balaban J connectivity index is 1.14. The standard InChI is InChI=1S/C27H22ClFN6O2S2/c28-18-6-1-3-8-21(18)35-25(23-10-5-15-37-23)31-32-27(35)39-17-24-30-20(16-38-24)26(36)34-13-11-33(12-14-34)22-9-4-2-7-19(22)29/h1-10,15-16H,11-14,17H2. The molecule has 12 heteroatoms. The highest BCUT2D eigenvalue weighted by atomic mass is 35.5. The second-order valence-corrected chi connectivity index (χ2v) is 11.0. The number of para-hydroxylation sites is 2. The molecule has 198 valence electrons. The van der Waals surface area contributed by atoms with Crippen molar-refractivity contribution in [1.82, 2.24) is 24.6 Å². The quantitative estimate of drug-likeness (QED) is 0.217. The van der Waals surface area contributed by atoms with Crippen molar-refractivity contribution in [2.45, 2.75) is 10.9 Å². The van der Waals surface area contributed by atoms with Gasteiger partial charge in [0, 0.05) is 31.6 Å². The Hall–Kier alpha value is -3.67. The lowest BCUT2D eigenvalue weighted by molar-refractivity contribution is 0.0741. The molecule has 2 aromatic carbocycles. The van der Waals surface area contributed by atoms with Gasteiger partial charge in [-0.1, -0.05) is 47.6 Å². The number of aromatic nitrogens is 4. The lowest BCUT2D eigenvalue weighted by Gasteiger charge is -2.35. The Bertz CT molecular complexity index is 1600. The van der Waals surface area contributed by atoms with Crippen molar-refractivity contribution in [3.63, 3.8) is 0 Å². The van der Waals surface area contributed by atoms with E-state index in [2.05, 4.69) is 15.2 Å². The number of piperazine rings is 1. The van der Waals surface area contributed by atoms with Gasteiger partial charge in [-0.3, -0.25) is 9.36 Å². The molecular weight excluding hydrogens is 559 g/mol. The molecule has 0 N–H and O–H groups in total. The minimum Gasteiger partial charge on any atom is -0.461 e. The van der Waals surface area contributed by atoms with E-state index in [4.69, 9.17) is 16.0 Å². The molecule has 1 saturated heterocycles. The van der Waals surface area contributed by atoms with Gasteiger partial charge in [0.25, 0.3) is 5.91 Å². The summed E-state index contributed by atoms with van der Waals surface area (Å²) in [6.45, 7) is 2.14. The molecule has 39 heavy (non-hydrogen) atoms. The molecule has 0 aliphatic carbocycles. The third kappa shape index (κ3) is 5.29. The maximum atomic E-state index is 14.2. The van der Waals surface area contributed by atoms with Crippen LogP contribution >= 0.6 is 34.7 Å². The predicted octanol–water partition coefficient (Wildman–Crippen LogP) is 6.03. The SMILES string of the molecule is O=C(c1csc(CSc2nnc(-c3ccco3)n2-c2ccccc2Cl)n1)N1CCN(c2ccccc2F)CC1. The summed E-state index contributed by atoms with van der Waals surface area (Å²) in [5.74, 6) is 1.25. The molecule has 1 amide bonds. The largest absolute Gasteiger partial charge is 0.461 e. The predicted molar refractivity (Wildman–Crippen MR) is 150 cm³/mol. The highest BCUT2D eigenvalue weighted by molar-refractivity contribution is 7.98. The summed E-state index contributed by atoms with van der Waals surface area (Å²) in [4.78, 5) is 21.5. The van der Waals surface area contributed by atoms with Crippen LogP contribution in [0, 0.1) is 5.82 Å². The molecule has 0 bridgehead atoms. The number of nitrogens with zero attached hydrogens (tertiary/aromatic N) is 6. The first-order valence-electron chi connectivity index (χ1n) is 12.2. The molecule has 1 fully saturated rings. The highest BCUT2D eigenvalue weighted by Crippen LogP contribution is 2.33. The topological polar surface area (TPSA) is 80.3 Å². The van der Waals surface area contributed by atoms with E-state index in [1.54, 1.807) is 34.7 Å². The average molecular weight is 581 g/mol. The van der Waals surface area contributed by atoms with Crippen molar-refractivity contribution in [1.29, 1.82) is 0 Å². The van der Waals surface area contributed by atoms with E-state index in [0.29, 0.717) is 65.1 Å². The van der Waals surface area contributed by atoms with Crippen molar-refractivity contribution in [3.8, 4) is 17.3 Å². The van der Waals surface area contributed by atoms with Gasteiger partial charge in [-0.05, 0) is 36.4 Å². The number of amides is 1. The highest BCUT2D eigenvalue weighted by Gasteiger charge is 2.25. The van der Waals surface area contributed by atoms with Crippen LogP contribution in [-0.4, -0.2) is 56.7 Å². The minimum absolute atomic E-state index is 0.116. The molecule has 0 spiro atoms. The molecule has 8 nitrogen and oxygen atoms in total. The average Bonchev–Trinajstić information content (AvgIpc) is 3.73. The van der Waals surface area contributed by atoms with Gasteiger partial charge in [0.15, 0.2) is 10.9 Å². The normalized spacial score (nSPS) is 13.7. The third-order valence-electron chi connectivity index (χ3n) is 6.32. The first-order valence-corrected chi connectivity index (χ1v) is 14.4. The van der Waals surface area contributed by atoms with Crippen LogP contribution in [-0.2, 0) is 5.75 Å². The molecule has 1 aliphatic rings. The molecule has 6 rings (SSSR count). The maximum absolute atomic E-state index is 14.2. The summed E-state index contributed by atoms with van der Waals surface area (Å²) in [6, 6.07) is 17.8. The zero-order valence-electron chi connectivity index (χ0n) is 20.5. The van der Waals surface area contributed by atoms with Gasteiger partial charge in [0.2, 0.25) is 5.82 Å². The number of hydrogen-bond donors (Lipinski definition) is 0. The Morgan fingerprint density at radius 1 is 1.00 bits per heavy atom. The van der Waals surface area contributed by atoms with Gasteiger partial charge in [-0.15, -0.1) is 21.5 Å². The van der Waals surface area contributed by atoms with Crippen LogP contribution in [0.1, 0.15) is 15.5 Å². The van der Waals surface area contributed by atoms with Crippen LogP contribution in [0.3, 0.4) is 0 Å². The molecule has 1 aliphatic heterocycles. The molecule has 0 radical (unpaired) electrons. The Morgan fingerprint density at radius 2 is 1.77 bits per heavy atom. The number of halogens is 2. The molecule has 5 aromatic rings. The fourth-order valence-electron chi connectivity index (χ4n) is 4.40. The lowest BCUT2D eigenvalue weighted by Crippen LogP contribution is -2.49. The zero-order chi connectivity index (χ0) is 26.8. The van der Waals surface area contributed by atoms with Gasteiger partial charge in [-0.25, -0.2) is 9.37 Å². The van der Waals surface area contributed by atoms with Gasteiger partial charge in [0.1, 0.15) is 16.5 Å². The Kier molecular flexibility index (Phi) is 7.36. The van der Waals surface area contributed by atoms with Crippen LogP contribution in [0.15, 0.2) is 81.9 Å². The van der Waals surface area contributed by atoms with Crippen molar-refractivity contribution in [2.75, 3.05) is 31.1 Å². The number of carbonyl (C=O) groups is 1. The second-order valence-electron chi connectivity index (χ2n) is 8.72. The van der Waals surface area contributed by atoms with Gasteiger partial charge < -0.3 is 14.2 Å². The number of carbonyl (C=O) groups excluding carboxylic acids is 1. The van der Waals surface area contributed by atoms with Crippen molar-refractivity contribution in [2.24, 2.45) is 0 Å². The van der Waals surface area contributed by atoms with E-state index >= 15 is 0 Å². The second kappa shape index (κ2) is 11.2. The van der Waals surface area contributed by atoms with Crippen LogP contribution < -0.4 is 4.90 Å². The smallest absolute Gasteiger partial charge is 0.273 e. The maximum Gasteiger partial charge on any atom is 0.273 e. The number of thioether (sulfide) groups is 1. The Morgan fingerprint density at radius 3 is 2.51 bits per heavy atom. The van der Waals surface area contributed by atoms with Gasteiger partial charge >= 0.3 is 0 Å². The number of benzene rings is 2. The first-order chi connectivity index (χ1) is 19.1. The number of rotatable bonds is 7. The van der Waals surface area contributed by atoms with Crippen LogP contribution in [0.2, 0.25) is 5.02 Å². The monoisotopic (exact) mass is 580 g/mol. The number of hydrogen-bond acceptors (Lipinski definition) is 8. The van der Waals surface area contributed by atoms with Crippen molar-refractivity contribution < 1.29 is 13.6 Å². The Labute approximate surface area is 237 Å². The molecule has 0 saturated carbocycles. The van der Waals surface area contributed by atoms with Crippen molar-refractivity contribution in [3.05, 3.63) is 93.8 Å². The summed E-state index contributed by atoms with van der Waals surface area (Å²) in [5, 5.41) is 12.5. The molecule has 3 aromatic heterocycles. The number of furan rings is 1. The van der Waals surface area contributed by atoms with Crippen LogP contribution in [0.4, 0.5) is 10.1 Å². The molecular formula is C27H22ClFN6O2S2. The third-order valence-corrected chi connectivity index (χ3v) is 8.62. The van der Waals surface area contributed by atoms with Crippen LogP contribution in [0.5, 0.6) is 0 Å². The molecule has 4 heterocycles. The molecule has 0 unspecified atom stereocenters. The van der Waals surface area contributed by atoms with E-state index in [1.165, 1.54) is 29.2 Å². The lowest BCUT2D eigenvalue weighted by atomic mass is 10.2. The fourth-order valence-corrected chi connectivity index (χ4v) is 6.35. The number of anilines is 1. The zero-order valence-corrected chi connectivity index (χ0v) is 22.9. The van der Waals surface area contributed by atoms with E-state index in [9.17, 15) is 9.18 Å². The fraction of sp³-hybridized carbons (Fsp3) is 0.185. The van der Waals surface area contributed by atoms with E-state index < -0.39 is 0 Å². The minimum atomic E-state index is -0.249. The van der Waals surface area contributed by atoms with E-state index in [-0.39, 0.29) is 11.7 Å². The summed E-state index contributed by atoms with van der Waals surface area (Å²) in [5.41, 5.74) is 1.72. The number of thiazole rings is 1. The van der Waals surface area contributed by atoms with E-state index in [0.717, 1.165) is 10.7 Å². The van der Waals surface area contributed by atoms with Crippen molar-refractivity contribution >= 4 is 46.3 Å². The summed E-state index contributed by atoms with van der Waals surface area (Å²) in [7, 11) is 0. The van der Waals surface area contributed by atoms with E-state index in [1.807, 2.05) is 45.9 Å². The summed E-state index contributed by atoms with van der Waals surface area (Å²) < 4.78 is 21.6. The van der Waals surface area contributed by atoms with Gasteiger partial charge in [-0.2, -0.15) is 0 Å². The summed E-state index contributed by atoms with van der Waals surface area (Å²) in [6.07, 6.45) is 1.59. The van der Waals surface area contributed by atoms with Crippen LogP contribution in [0.25, 0.3) is 17.3 Å². The molecule has 0 atom stereocenters. The first kappa shape index (κ1) is 25.6. The summed E-state index contributed by atoms with van der Waals surface area (Å²) >= 11 is 9.39. The van der Waals surface area contributed by atoms with Gasteiger partial charge in [0.05, 0.1) is 28.4 Å².